The lowest BCUT2D eigenvalue weighted by Crippen LogP contribution is -2.34. The minimum Gasteiger partial charge on any atom is -0.326 e. The van der Waals surface area contributed by atoms with Gasteiger partial charge in [-0.2, -0.15) is 0 Å². The molecule has 1 aromatic rings. The fourth-order valence-corrected chi connectivity index (χ4v) is 3.53. The summed E-state index contributed by atoms with van der Waals surface area (Å²) < 4.78 is 40.6. The molecule has 120 valence electrons. The average molecular weight is 316 g/mol. The second-order valence-corrected chi connectivity index (χ2v) is 7.73. The summed E-state index contributed by atoms with van der Waals surface area (Å²) in [4.78, 5) is 0.0515. The van der Waals surface area contributed by atoms with Crippen molar-refractivity contribution in [3.05, 3.63) is 29.6 Å². The monoisotopic (exact) mass is 316 g/mol. The zero-order valence-electron chi connectivity index (χ0n) is 13.1. The second-order valence-electron chi connectivity index (χ2n) is 5.96. The zero-order chi connectivity index (χ0) is 16.2. The van der Waals surface area contributed by atoms with E-state index in [2.05, 4.69) is 32.4 Å². The topological polar surface area (TPSA) is 72.2 Å². The van der Waals surface area contributed by atoms with Crippen molar-refractivity contribution in [2.24, 2.45) is 23.5 Å². The Labute approximate surface area is 127 Å². The van der Waals surface area contributed by atoms with Crippen LogP contribution in [0.4, 0.5) is 4.39 Å². The Hall–Kier alpha value is -0.980. The maximum absolute atomic E-state index is 13.4. The molecule has 0 radical (unpaired) electrons. The minimum atomic E-state index is -3.64. The van der Waals surface area contributed by atoms with Crippen LogP contribution in [-0.2, 0) is 16.6 Å². The third kappa shape index (κ3) is 4.76. The van der Waals surface area contributed by atoms with Crippen molar-refractivity contribution in [3.8, 4) is 0 Å². The molecule has 21 heavy (non-hydrogen) atoms. The predicted molar refractivity (Wildman–Crippen MR) is 82.6 cm³/mol. The Morgan fingerprint density at radius 2 is 1.76 bits per heavy atom. The maximum Gasteiger partial charge on any atom is 0.240 e. The van der Waals surface area contributed by atoms with Crippen LogP contribution in [0, 0.1) is 23.6 Å². The van der Waals surface area contributed by atoms with Crippen molar-refractivity contribution >= 4 is 10.0 Å². The maximum atomic E-state index is 13.4. The van der Waals surface area contributed by atoms with E-state index in [1.54, 1.807) is 0 Å². The van der Waals surface area contributed by atoms with E-state index in [0.717, 1.165) is 6.07 Å². The van der Waals surface area contributed by atoms with Gasteiger partial charge < -0.3 is 5.73 Å². The first-order valence-electron chi connectivity index (χ1n) is 7.17. The van der Waals surface area contributed by atoms with E-state index in [1.807, 2.05) is 0 Å². The molecule has 0 saturated heterocycles. The molecule has 0 unspecified atom stereocenters. The van der Waals surface area contributed by atoms with Crippen molar-refractivity contribution in [3.63, 3.8) is 0 Å². The van der Waals surface area contributed by atoms with Gasteiger partial charge in [0.2, 0.25) is 10.0 Å². The summed E-state index contributed by atoms with van der Waals surface area (Å²) in [5.41, 5.74) is 5.61. The summed E-state index contributed by atoms with van der Waals surface area (Å²) >= 11 is 0. The molecule has 0 spiro atoms. The van der Waals surface area contributed by atoms with Crippen LogP contribution in [0.3, 0.4) is 0 Å². The number of halogens is 1. The van der Waals surface area contributed by atoms with Crippen LogP contribution >= 0.6 is 0 Å². The molecule has 3 N–H and O–H groups in total. The number of nitrogens with one attached hydrogen (secondary N) is 1. The lowest BCUT2D eigenvalue weighted by Gasteiger charge is -2.25. The van der Waals surface area contributed by atoms with Crippen LogP contribution < -0.4 is 10.5 Å². The van der Waals surface area contributed by atoms with E-state index in [0.29, 0.717) is 18.4 Å². The molecule has 4 nitrogen and oxygen atoms in total. The molecule has 0 saturated carbocycles. The average Bonchev–Trinajstić information content (AvgIpc) is 2.38. The first-order chi connectivity index (χ1) is 9.69. The van der Waals surface area contributed by atoms with Gasteiger partial charge in [-0.15, -0.1) is 0 Å². The van der Waals surface area contributed by atoms with Crippen molar-refractivity contribution in [2.45, 2.75) is 39.1 Å². The molecule has 0 amide bonds. The minimum absolute atomic E-state index is 0.0319. The number of benzene rings is 1. The smallest absolute Gasteiger partial charge is 0.240 e. The number of hydrogen-bond donors (Lipinski definition) is 2. The molecule has 0 aliphatic heterocycles. The van der Waals surface area contributed by atoms with Crippen LogP contribution in [0.15, 0.2) is 23.1 Å². The van der Waals surface area contributed by atoms with Crippen molar-refractivity contribution in [1.29, 1.82) is 0 Å². The quantitative estimate of drug-likeness (QED) is 0.812. The Morgan fingerprint density at radius 3 is 2.24 bits per heavy atom. The molecule has 0 fully saturated rings. The summed E-state index contributed by atoms with van der Waals surface area (Å²) in [6, 6.07) is 3.69. The van der Waals surface area contributed by atoms with Crippen LogP contribution in [0.2, 0.25) is 0 Å². The van der Waals surface area contributed by atoms with Crippen LogP contribution in [0.1, 0.15) is 33.3 Å². The number of rotatable bonds is 7. The standard InChI is InChI=1S/C15H25FN2O2S/c1-10(2)14(11(3)4)9-18-21(19,20)13-5-6-15(16)12(7-13)8-17/h5-7,10-11,14,18H,8-9,17H2,1-4H3. The predicted octanol–water partition coefficient (Wildman–Crippen LogP) is 2.49. The number of sulfonamides is 1. The van der Waals surface area contributed by atoms with E-state index in [4.69, 9.17) is 5.73 Å². The van der Waals surface area contributed by atoms with Gasteiger partial charge in [0.15, 0.2) is 0 Å². The molecular weight excluding hydrogens is 291 g/mol. The number of hydrogen-bond acceptors (Lipinski definition) is 3. The Morgan fingerprint density at radius 1 is 1.19 bits per heavy atom. The molecule has 0 bridgehead atoms. The SMILES string of the molecule is CC(C)C(CNS(=O)(=O)c1ccc(F)c(CN)c1)C(C)C. The van der Waals surface area contributed by atoms with Gasteiger partial charge in [0.25, 0.3) is 0 Å². The van der Waals surface area contributed by atoms with Gasteiger partial charge in [0.1, 0.15) is 5.82 Å². The Bertz CT molecular complexity index is 563. The largest absolute Gasteiger partial charge is 0.326 e. The van der Waals surface area contributed by atoms with Crippen molar-refractivity contribution < 1.29 is 12.8 Å². The normalized spacial score (nSPS) is 12.6. The summed E-state index contributed by atoms with van der Waals surface area (Å²) in [6.45, 7) is 8.63. The molecule has 0 aliphatic carbocycles. The molecule has 0 atom stereocenters. The highest BCUT2D eigenvalue weighted by Crippen LogP contribution is 2.21. The summed E-state index contributed by atoms with van der Waals surface area (Å²) in [6.07, 6.45) is 0. The van der Waals surface area contributed by atoms with Gasteiger partial charge in [0, 0.05) is 18.7 Å². The molecule has 1 aromatic carbocycles. The number of nitrogens with two attached hydrogens (primary N) is 1. The van der Waals surface area contributed by atoms with E-state index >= 15 is 0 Å². The molecule has 0 aromatic heterocycles. The Balaban J connectivity index is 2.91. The van der Waals surface area contributed by atoms with Gasteiger partial charge in [-0.05, 0) is 36.0 Å². The highest BCUT2D eigenvalue weighted by molar-refractivity contribution is 7.89. The lowest BCUT2D eigenvalue weighted by atomic mass is 9.86. The molecular formula is C15H25FN2O2S. The first kappa shape index (κ1) is 18.1. The van der Waals surface area contributed by atoms with E-state index in [1.165, 1.54) is 12.1 Å². The highest BCUT2D eigenvalue weighted by Gasteiger charge is 2.22. The van der Waals surface area contributed by atoms with Gasteiger partial charge in [0.05, 0.1) is 4.90 Å². The van der Waals surface area contributed by atoms with Gasteiger partial charge in [-0.1, -0.05) is 27.7 Å². The van der Waals surface area contributed by atoms with Crippen molar-refractivity contribution in [1.82, 2.24) is 4.72 Å². The molecule has 0 heterocycles. The fourth-order valence-electron chi connectivity index (χ4n) is 2.41. The third-order valence-electron chi connectivity index (χ3n) is 3.77. The Kier molecular flexibility index (Phi) is 6.31. The van der Waals surface area contributed by atoms with Crippen LogP contribution in [0.5, 0.6) is 0 Å². The van der Waals surface area contributed by atoms with Gasteiger partial charge >= 0.3 is 0 Å². The van der Waals surface area contributed by atoms with E-state index in [-0.39, 0.29) is 22.9 Å². The van der Waals surface area contributed by atoms with Gasteiger partial charge in [-0.25, -0.2) is 17.5 Å². The fraction of sp³-hybridized carbons (Fsp3) is 0.600. The van der Waals surface area contributed by atoms with E-state index < -0.39 is 15.8 Å². The zero-order valence-corrected chi connectivity index (χ0v) is 13.9. The first-order valence-corrected chi connectivity index (χ1v) is 8.65. The molecule has 0 aliphatic rings. The van der Waals surface area contributed by atoms with E-state index in [9.17, 15) is 12.8 Å². The molecule has 1 rings (SSSR count). The highest BCUT2D eigenvalue weighted by atomic mass is 32.2. The summed E-state index contributed by atoms with van der Waals surface area (Å²) in [5, 5.41) is 0. The summed E-state index contributed by atoms with van der Waals surface area (Å²) in [5.74, 6) is 0.508. The van der Waals surface area contributed by atoms with Gasteiger partial charge in [-0.3, -0.25) is 0 Å². The summed E-state index contributed by atoms with van der Waals surface area (Å²) in [7, 11) is -3.64. The molecule has 6 heteroatoms. The second kappa shape index (κ2) is 7.33. The lowest BCUT2D eigenvalue weighted by molar-refractivity contribution is 0.289. The van der Waals surface area contributed by atoms with Crippen molar-refractivity contribution in [2.75, 3.05) is 6.54 Å². The van der Waals surface area contributed by atoms with Crippen LogP contribution in [-0.4, -0.2) is 15.0 Å². The third-order valence-corrected chi connectivity index (χ3v) is 5.19. The van der Waals surface area contributed by atoms with Crippen LogP contribution in [0.25, 0.3) is 0 Å².